The summed E-state index contributed by atoms with van der Waals surface area (Å²) in [6.45, 7) is 4.41. The SMILES string of the molecule is CCCCCCCCCC/C=C\CCCOS(=O)(=O)c1ccc(C)cc1. The van der Waals surface area contributed by atoms with E-state index in [-0.39, 0.29) is 11.5 Å². The van der Waals surface area contributed by atoms with E-state index < -0.39 is 10.1 Å². The van der Waals surface area contributed by atoms with Gasteiger partial charge in [-0.1, -0.05) is 81.7 Å². The van der Waals surface area contributed by atoms with Gasteiger partial charge in [0.15, 0.2) is 0 Å². The van der Waals surface area contributed by atoms with Crippen LogP contribution in [-0.2, 0) is 14.3 Å². The normalized spacial score (nSPS) is 12.1. The Bertz CT molecular complexity index is 588. The number of unbranched alkanes of at least 4 members (excludes halogenated alkanes) is 9. The van der Waals surface area contributed by atoms with Gasteiger partial charge in [0.1, 0.15) is 0 Å². The van der Waals surface area contributed by atoms with Crippen LogP contribution < -0.4 is 0 Å². The molecule has 3 nitrogen and oxygen atoms in total. The molecule has 4 heteroatoms. The molecule has 0 saturated heterocycles. The maximum absolute atomic E-state index is 12.0. The van der Waals surface area contributed by atoms with Crippen molar-refractivity contribution in [3.63, 3.8) is 0 Å². The molecule has 0 heterocycles. The lowest BCUT2D eigenvalue weighted by Crippen LogP contribution is -2.07. The molecule has 0 aliphatic carbocycles. The van der Waals surface area contributed by atoms with Crippen molar-refractivity contribution in [2.45, 2.75) is 89.4 Å². The average molecular weight is 381 g/mol. The Kier molecular flexibility index (Phi) is 12.3. The van der Waals surface area contributed by atoms with Crippen LogP contribution in [0.25, 0.3) is 0 Å². The van der Waals surface area contributed by atoms with E-state index in [1.54, 1.807) is 24.3 Å². The molecule has 0 amide bonds. The average Bonchev–Trinajstić information content (AvgIpc) is 2.62. The Morgan fingerprint density at radius 3 is 1.96 bits per heavy atom. The molecule has 0 aromatic heterocycles. The van der Waals surface area contributed by atoms with E-state index in [9.17, 15) is 8.42 Å². The van der Waals surface area contributed by atoms with E-state index in [4.69, 9.17) is 4.18 Å². The van der Waals surface area contributed by atoms with Crippen molar-refractivity contribution >= 4 is 10.1 Å². The predicted molar refractivity (Wildman–Crippen MR) is 110 cm³/mol. The zero-order valence-electron chi connectivity index (χ0n) is 16.6. The molecular weight excluding hydrogens is 344 g/mol. The Hall–Kier alpha value is -1.13. The number of rotatable bonds is 15. The summed E-state index contributed by atoms with van der Waals surface area (Å²) in [6.07, 6.45) is 17.8. The third-order valence-electron chi connectivity index (χ3n) is 4.45. The summed E-state index contributed by atoms with van der Waals surface area (Å²) in [4.78, 5) is 0.230. The summed E-state index contributed by atoms with van der Waals surface area (Å²) in [5.74, 6) is 0. The van der Waals surface area contributed by atoms with Gasteiger partial charge < -0.3 is 0 Å². The van der Waals surface area contributed by atoms with Crippen LogP contribution in [-0.4, -0.2) is 15.0 Å². The molecule has 0 bridgehead atoms. The van der Waals surface area contributed by atoms with Crippen LogP contribution in [0.5, 0.6) is 0 Å². The fraction of sp³-hybridized carbons (Fsp3) is 0.636. The van der Waals surface area contributed by atoms with E-state index >= 15 is 0 Å². The van der Waals surface area contributed by atoms with Crippen molar-refractivity contribution < 1.29 is 12.6 Å². The number of hydrogen-bond acceptors (Lipinski definition) is 3. The number of aryl methyl sites for hydroxylation is 1. The standard InChI is InChI=1S/C22H36O3S/c1-3-4-5-6-7-8-9-10-11-12-13-14-15-20-25-26(23,24)22-18-16-21(2)17-19-22/h12-13,16-19H,3-11,14-15,20H2,1-2H3/b13-12-. The maximum Gasteiger partial charge on any atom is 0.296 e. The molecule has 148 valence electrons. The largest absolute Gasteiger partial charge is 0.296 e. The summed E-state index contributed by atoms with van der Waals surface area (Å²) in [6, 6.07) is 6.75. The molecule has 0 saturated carbocycles. The van der Waals surface area contributed by atoms with E-state index in [2.05, 4.69) is 19.1 Å². The lowest BCUT2D eigenvalue weighted by atomic mass is 10.1. The number of benzene rings is 1. The fourth-order valence-corrected chi connectivity index (χ4v) is 3.72. The van der Waals surface area contributed by atoms with Gasteiger partial charge in [0.2, 0.25) is 0 Å². The van der Waals surface area contributed by atoms with Crippen LogP contribution in [0.1, 0.15) is 83.1 Å². The molecule has 26 heavy (non-hydrogen) atoms. The van der Waals surface area contributed by atoms with Crippen LogP contribution >= 0.6 is 0 Å². The van der Waals surface area contributed by atoms with E-state index in [1.807, 2.05) is 6.92 Å². The highest BCUT2D eigenvalue weighted by Gasteiger charge is 2.13. The minimum Gasteiger partial charge on any atom is -0.266 e. The van der Waals surface area contributed by atoms with Gasteiger partial charge in [-0.05, 0) is 44.7 Å². The van der Waals surface area contributed by atoms with Gasteiger partial charge >= 0.3 is 0 Å². The molecule has 1 rings (SSSR count). The van der Waals surface area contributed by atoms with E-state index in [1.165, 1.54) is 51.4 Å². The van der Waals surface area contributed by atoms with Gasteiger partial charge in [0, 0.05) is 0 Å². The first-order valence-corrected chi connectivity index (χ1v) is 11.6. The number of hydrogen-bond donors (Lipinski definition) is 0. The van der Waals surface area contributed by atoms with Gasteiger partial charge in [-0.3, -0.25) is 4.18 Å². The Balaban J connectivity index is 2.01. The highest BCUT2D eigenvalue weighted by atomic mass is 32.2. The molecular formula is C22H36O3S. The lowest BCUT2D eigenvalue weighted by Gasteiger charge is -2.05. The van der Waals surface area contributed by atoms with Crippen LogP contribution in [0.3, 0.4) is 0 Å². The second-order valence-electron chi connectivity index (χ2n) is 6.97. The molecule has 0 unspecified atom stereocenters. The van der Waals surface area contributed by atoms with Gasteiger partial charge in [0.25, 0.3) is 10.1 Å². The molecule has 0 fully saturated rings. The van der Waals surface area contributed by atoms with Gasteiger partial charge in [-0.25, -0.2) is 0 Å². The van der Waals surface area contributed by atoms with Crippen molar-refractivity contribution in [3.8, 4) is 0 Å². The van der Waals surface area contributed by atoms with Crippen LogP contribution in [0.4, 0.5) is 0 Å². The second-order valence-corrected chi connectivity index (χ2v) is 8.58. The summed E-state index contributed by atoms with van der Waals surface area (Å²) >= 11 is 0. The van der Waals surface area contributed by atoms with Crippen molar-refractivity contribution in [2.24, 2.45) is 0 Å². The topological polar surface area (TPSA) is 43.4 Å². The minimum absolute atomic E-state index is 0.230. The summed E-state index contributed by atoms with van der Waals surface area (Å²) in [7, 11) is -3.62. The summed E-state index contributed by atoms with van der Waals surface area (Å²) in [5.41, 5.74) is 1.03. The van der Waals surface area contributed by atoms with E-state index in [0.29, 0.717) is 0 Å². The lowest BCUT2D eigenvalue weighted by molar-refractivity contribution is 0.313. The van der Waals surface area contributed by atoms with Gasteiger partial charge in [0.05, 0.1) is 11.5 Å². The molecule has 1 aromatic carbocycles. The molecule has 0 spiro atoms. The van der Waals surface area contributed by atoms with Crippen LogP contribution in [0, 0.1) is 6.92 Å². The smallest absolute Gasteiger partial charge is 0.266 e. The third-order valence-corrected chi connectivity index (χ3v) is 5.78. The van der Waals surface area contributed by atoms with Crippen molar-refractivity contribution in [3.05, 3.63) is 42.0 Å². The molecule has 0 atom stereocenters. The first-order valence-electron chi connectivity index (χ1n) is 10.2. The minimum atomic E-state index is -3.62. The quantitative estimate of drug-likeness (QED) is 0.196. The van der Waals surface area contributed by atoms with Gasteiger partial charge in [-0.15, -0.1) is 0 Å². The second kappa shape index (κ2) is 14.0. The molecule has 0 aliphatic heterocycles. The molecule has 0 N–H and O–H groups in total. The zero-order valence-corrected chi connectivity index (χ0v) is 17.4. The van der Waals surface area contributed by atoms with Crippen LogP contribution in [0.15, 0.2) is 41.3 Å². The highest BCUT2D eigenvalue weighted by molar-refractivity contribution is 7.86. The van der Waals surface area contributed by atoms with Crippen molar-refractivity contribution in [1.29, 1.82) is 0 Å². The monoisotopic (exact) mass is 380 g/mol. The molecule has 0 radical (unpaired) electrons. The Labute approximate surface area is 161 Å². The zero-order chi connectivity index (χ0) is 19.1. The number of allylic oxidation sites excluding steroid dienone is 2. The molecule has 1 aromatic rings. The van der Waals surface area contributed by atoms with E-state index in [0.717, 1.165) is 24.8 Å². The van der Waals surface area contributed by atoms with Crippen molar-refractivity contribution in [1.82, 2.24) is 0 Å². The van der Waals surface area contributed by atoms with Crippen LogP contribution in [0.2, 0.25) is 0 Å². The first kappa shape index (κ1) is 22.9. The fourth-order valence-electron chi connectivity index (χ4n) is 2.77. The summed E-state index contributed by atoms with van der Waals surface area (Å²) < 4.78 is 29.1. The van der Waals surface area contributed by atoms with Crippen molar-refractivity contribution in [2.75, 3.05) is 6.61 Å². The maximum atomic E-state index is 12.0. The highest BCUT2D eigenvalue weighted by Crippen LogP contribution is 2.14. The predicted octanol–water partition coefficient (Wildman–Crippen LogP) is 6.57. The summed E-state index contributed by atoms with van der Waals surface area (Å²) in [5, 5.41) is 0. The van der Waals surface area contributed by atoms with Gasteiger partial charge in [-0.2, -0.15) is 8.42 Å². The Morgan fingerprint density at radius 2 is 1.35 bits per heavy atom. The third kappa shape index (κ3) is 10.8. The molecule has 0 aliphatic rings. The first-order chi connectivity index (χ1) is 12.6. The Morgan fingerprint density at radius 1 is 0.808 bits per heavy atom.